The Morgan fingerprint density at radius 1 is 1.53 bits per heavy atom. The molecule has 0 aliphatic heterocycles. The molecular weight excluding hydrogens is 218 g/mol. The van der Waals surface area contributed by atoms with Gasteiger partial charge in [-0.25, -0.2) is 0 Å². The molecule has 2 aromatic rings. The smallest absolute Gasteiger partial charge is 0.223 e. The van der Waals surface area contributed by atoms with Crippen LogP contribution in [0.2, 0.25) is 0 Å². The molecule has 0 radical (unpaired) electrons. The Kier molecular flexibility index (Phi) is 2.96. The average Bonchev–Trinajstić information content (AvgIpc) is 2.83. The van der Waals surface area contributed by atoms with Crippen LogP contribution in [-0.2, 0) is 18.8 Å². The van der Waals surface area contributed by atoms with Gasteiger partial charge in [-0.1, -0.05) is 5.16 Å². The maximum absolute atomic E-state index is 5.69. The molecule has 0 saturated carbocycles. The minimum atomic E-state index is 0.352. The number of hydrogen-bond acceptors (Lipinski definition) is 5. The van der Waals surface area contributed by atoms with E-state index in [9.17, 15) is 0 Å². The van der Waals surface area contributed by atoms with Gasteiger partial charge in [0.15, 0.2) is 5.82 Å². The largest absolute Gasteiger partial charge is 0.340 e. The maximum Gasteiger partial charge on any atom is 0.223 e. The van der Waals surface area contributed by atoms with Crippen molar-refractivity contribution in [3.05, 3.63) is 23.9 Å². The van der Waals surface area contributed by atoms with Gasteiger partial charge < -0.3 is 9.09 Å². The summed E-state index contributed by atoms with van der Waals surface area (Å²) in [6.45, 7) is 2.47. The van der Waals surface area contributed by atoms with Crippen LogP contribution in [0.25, 0.3) is 0 Å². The third-order valence-corrected chi connectivity index (χ3v) is 2.20. The Balaban J connectivity index is 1.98. The number of alkyl halides is 1. The molecule has 0 aliphatic rings. The second-order valence-electron chi connectivity index (χ2n) is 3.05. The topological polar surface area (TPSA) is 69.6 Å². The number of nitrogens with zero attached hydrogens (tertiary/aromatic N) is 5. The van der Waals surface area contributed by atoms with E-state index >= 15 is 0 Å². The molecule has 15 heavy (non-hydrogen) atoms. The molecule has 6 nitrogen and oxygen atoms in total. The molecule has 0 aromatic carbocycles. The number of hydrogen-bond donors (Lipinski definition) is 0. The molecular formula is C8H10ClN5O. The molecule has 0 unspecified atom stereocenters. The predicted octanol–water partition coefficient (Wildman–Crippen LogP) is 0.951. The van der Waals surface area contributed by atoms with Crippen LogP contribution in [0.3, 0.4) is 0 Å². The fourth-order valence-corrected chi connectivity index (χ4v) is 1.44. The van der Waals surface area contributed by atoms with E-state index in [1.54, 1.807) is 13.3 Å². The third-order valence-electron chi connectivity index (χ3n) is 1.96. The standard InChI is InChI=1S/C8H10ClN5O/c1-6-11-7(13-15-6)2-3-14-5-10-12-8(14)4-9/h5H,2-4H2,1H3. The van der Waals surface area contributed by atoms with Gasteiger partial charge in [0.1, 0.15) is 12.2 Å². The van der Waals surface area contributed by atoms with E-state index in [4.69, 9.17) is 16.1 Å². The quantitative estimate of drug-likeness (QED) is 0.728. The Hall–Kier alpha value is -1.43. The SMILES string of the molecule is Cc1nc(CCn2cnnc2CCl)no1. The highest BCUT2D eigenvalue weighted by Crippen LogP contribution is 2.02. The number of aryl methyl sites for hydroxylation is 3. The Labute approximate surface area is 91.3 Å². The molecule has 2 rings (SSSR count). The minimum absolute atomic E-state index is 0.352. The highest BCUT2D eigenvalue weighted by Gasteiger charge is 2.05. The van der Waals surface area contributed by atoms with Crippen molar-refractivity contribution in [2.24, 2.45) is 0 Å². The highest BCUT2D eigenvalue weighted by atomic mass is 35.5. The van der Waals surface area contributed by atoms with E-state index in [2.05, 4.69) is 20.3 Å². The van der Waals surface area contributed by atoms with Crippen LogP contribution < -0.4 is 0 Å². The summed E-state index contributed by atoms with van der Waals surface area (Å²) in [6, 6.07) is 0. The Bertz CT molecular complexity index is 438. The molecule has 0 saturated heterocycles. The predicted molar refractivity (Wildman–Crippen MR) is 52.3 cm³/mol. The molecule has 0 bridgehead atoms. The van der Waals surface area contributed by atoms with Gasteiger partial charge in [0.25, 0.3) is 0 Å². The van der Waals surface area contributed by atoms with Crippen molar-refractivity contribution in [2.45, 2.75) is 25.8 Å². The zero-order valence-corrected chi connectivity index (χ0v) is 8.98. The second-order valence-corrected chi connectivity index (χ2v) is 3.32. The van der Waals surface area contributed by atoms with Crippen molar-refractivity contribution in [3.8, 4) is 0 Å². The van der Waals surface area contributed by atoms with E-state index < -0.39 is 0 Å². The van der Waals surface area contributed by atoms with E-state index in [0.29, 0.717) is 30.6 Å². The van der Waals surface area contributed by atoms with Crippen molar-refractivity contribution in [1.82, 2.24) is 24.9 Å². The van der Waals surface area contributed by atoms with Gasteiger partial charge >= 0.3 is 0 Å². The molecule has 7 heteroatoms. The van der Waals surface area contributed by atoms with Gasteiger partial charge in [0, 0.05) is 19.9 Å². The van der Waals surface area contributed by atoms with Crippen LogP contribution in [0.4, 0.5) is 0 Å². The van der Waals surface area contributed by atoms with E-state index in [1.165, 1.54) is 0 Å². The van der Waals surface area contributed by atoms with Crippen LogP contribution in [0, 0.1) is 6.92 Å². The third kappa shape index (κ3) is 2.33. The monoisotopic (exact) mass is 227 g/mol. The summed E-state index contributed by atoms with van der Waals surface area (Å²) in [6.07, 6.45) is 2.32. The van der Waals surface area contributed by atoms with E-state index in [0.717, 1.165) is 5.82 Å². The van der Waals surface area contributed by atoms with Gasteiger partial charge in [-0.05, 0) is 0 Å². The summed E-state index contributed by atoms with van der Waals surface area (Å²) in [7, 11) is 0. The van der Waals surface area contributed by atoms with Crippen LogP contribution >= 0.6 is 11.6 Å². The lowest BCUT2D eigenvalue weighted by Gasteiger charge is -2.00. The summed E-state index contributed by atoms with van der Waals surface area (Å²) in [5.74, 6) is 2.36. The lowest BCUT2D eigenvalue weighted by molar-refractivity contribution is 0.386. The second kappa shape index (κ2) is 4.39. The van der Waals surface area contributed by atoms with Gasteiger partial charge in [-0.3, -0.25) is 0 Å². The molecule has 0 aliphatic carbocycles. The molecule has 80 valence electrons. The summed E-state index contributed by atoms with van der Waals surface area (Å²) in [5, 5.41) is 11.4. The van der Waals surface area contributed by atoms with Gasteiger partial charge in [0.05, 0.1) is 5.88 Å². The molecule has 0 fully saturated rings. The fourth-order valence-electron chi connectivity index (χ4n) is 1.23. The first-order valence-electron chi connectivity index (χ1n) is 4.51. The van der Waals surface area contributed by atoms with Crippen LogP contribution in [0.15, 0.2) is 10.9 Å². The summed E-state index contributed by atoms with van der Waals surface area (Å²) >= 11 is 5.69. The van der Waals surface area contributed by atoms with Gasteiger partial charge in [-0.2, -0.15) is 4.98 Å². The lowest BCUT2D eigenvalue weighted by atomic mass is 10.4. The fraction of sp³-hybridized carbons (Fsp3) is 0.500. The first kappa shape index (κ1) is 10.1. The molecule has 0 spiro atoms. The summed E-state index contributed by atoms with van der Waals surface area (Å²) in [5.41, 5.74) is 0. The maximum atomic E-state index is 5.69. The van der Waals surface area contributed by atoms with Crippen molar-refractivity contribution >= 4 is 11.6 Å². The first-order chi connectivity index (χ1) is 7.29. The van der Waals surface area contributed by atoms with Crippen molar-refractivity contribution in [1.29, 1.82) is 0 Å². The lowest BCUT2D eigenvalue weighted by Crippen LogP contribution is -2.05. The van der Waals surface area contributed by atoms with Crippen molar-refractivity contribution in [3.63, 3.8) is 0 Å². The molecule has 0 N–H and O–H groups in total. The zero-order valence-electron chi connectivity index (χ0n) is 8.22. The Morgan fingerprint density at radius 3 is 3.07 bits per heavy atom. The molecule has 0 atom stereocenters. The number of aromatic nitrogens is 5. The average molecular weight is 228 g/mol. The molecule has 2 heterocycles. The zero-order chi connectivity index (χ0) is 10.7. The van der Waals surface area contributed by atoms with Crippen molar-refractivity contribution in [2.75, 3.05) is 0 Å². The molecule has 0 amide bonds. The molecule has 2 aromatic heterocycles. The number of rotatable bonds is 4. The van der Waals surface area contributed by atoms with E-state index in [-0.39, 0.29) is 0 Å². The number of halogens is 1. The van der Waals surface area contributed by atoms with Crippen LogP contribution in [0.1, 0.15) is 17.5 Å². The normalized spacial score (nSPS) is 10.8. The Morgan fingerprint density at radius 2 is 2.40 bits per heavy atom. The minimum Gasteiger partial charge on any atom is -0.340 e. The van der Waals surface area contributed by atoms with Crippen LogP contribution in [-0.4, -0.2) is 24.9 Å². The summed E-state index contributed by atoms with van der Waals surface area (Å²) in [4.78, 5) is 4.10. The first-order valence-corrected chi connectivity index (χ1v) is 5.05. The summed E-state index contributed by atoms with van der Waals surface area (Å²) < 4.78 is 6.74. The van der Waals surface area contributed by atoms with Gasteiger partial charge in [-0.15, -0.1) is 21.8 Å². The van der Waals surface area contributed by atoms with Gasteiger partial charge in [0.2, 0.25) is 5.89 Å². The van der Waals surface area contributed by atoms with Crippen molar-refractivity contribution < 1.29 is 4.52 Å². The highest BCUT2D eigenvalue weighted by molar-refractivity contribution is 6.16. The van der Waals surface area contributed by atoms with E-state index in [1.807, 2.05) is 4.57 Å². The van der Waals surface area contributed by atoms with Crippen LogP contribution in [0.5, 0.6) is 0 Å².